The van der Waals surface area contributed by atoms with Gasteiger partial charge >= 0.3 is 0 Å². The van der Waals surface area contributed by atoms with Crippen LogP contribution in [-0.4, -0.2) is 29.9 Å². The summed E-state index contributed by atoms with van der Waals surface area (Å²) >= 11 is 1.63. The first-order chi connectivity index (χ1) is 9.13. The van der Waals surface area contributed by atoms with Crippen molar-refractivity contribution in [3.63, 3.8) is 0 Å². The molecule has 0 saturated heterocycles. The molecule has 2 atom stereocenters. The zero-order valence-corrected chi connectivity index (χ0v) is 12.0. The minimum Gasteiger partial charge on any atom is -0.396 e. The maximum atomic E-state index is 12.3. The van der Waals surface area contributed by atoms with Crippen molar-refractivity contribution in [3.05, 3.63) is 41.5 Å². The van der Waals surface area contributed by atoms with Gasteiger partial charge in [0.15, 0.2) is 0 Å². The van der Waals surface area contributed by atoms with E-state index in [1.54, 1.807) is 11.8 Å². The van der Waals surface area contributed by atoms with Crippen LogP contribution in [0.2, 0.25) is 0 Å². The molecule has 2 N–H and O–H groups in total. The van der Waals surface area contributed by atoms with E-state index >= 15 is 0 Å². The van der Waals surface area contributed by atoms with E-state index in [-0.39, 0.29) is 24.5 Å². The second-order valence-corrected chi connectivity index (χ2v) is 5.70. The second kappa shape index (κ2) is 6.26. The Morgan fingerprint density at radius 2 is 2.26 bits per heavy atom. The maximum absolute atomic E-state index is 12.3. The number of carbonyl (C=O) groups is 1. The van der Waals surface area contributed by atoms with Gasteiger partial charge in [-0.3, -0.25) is 4.79 Å². The fourth-order valence-electron chi connectivity index (χ4n) is 2.24. The minimum atomic E-state index is -0.0401. The molecule has 19 heavy (non-hydrogen) atoms. The highest BCUT2D eigenvalue weighted by Gasteiger charge is 2.21. The first kappa shape index (κ1) is 14.2. The molecule has 0 spiro atoms. The number of carbonyl (C=O) groups excluding carboxylic acids is 1. The lowest BCUT2D eigenvalue weighted by Gasteiger charge is -2.14. The van der Waals surface area contributed by atoms with Crippen LogP contribution >= 0.6 is 11.8 Å². The van der Waals surface area contributed by atoms with Crippen LogP contribution in [0.3, 0.4) is 0 Å². The normalized spacial score (nSPS) is 21.6. The number of hydrogen-bond acceptors (Lipinski definition) is 3. The van der Waals surface area contributed by atoms with Crippen LogP contribution < -0.4 is 5.32 Å². The molecule has 0 radical (unpaired) electrons. The van der Waals surface area contributed by atoms with Gasteiger partial charge in [0.05, 0.1) is 0 Å². The van der Waals surface area contributed by atoms with Gasteiger partial charge in [0.2, 0.25) is 0 Å². The van der Waals surface area contributed by atoms with E-state index in [1.807, 2.05) is 43.5 Å². The summed E-state index contributed by atoms with van der Waals surface area (Å²) in [4.78, 5) is 13.4. The topological polar surface area (TPSA) is 49.3 Å². The van der Waals surface area contributed by atoms with Crippen LogP contribution in [0.15, 0.2) is 35.2 Å². The molecule has 1 amide bonds. The van der Waals surface area contributed by atoms with Crippen molar-refractivity contribution >= 4 is 17.7 Å². The fraction of sp³-hybridized carbons (Fsp3) is 0.400. The Morgan fingerprint density at radius 1 is 1.47 bits per heavy atom. The number of hydrogen-bond donors (Lipinski definition) is 2. The fourth-order valence-corrected chi connectivity index (χ4v) is 2.68. The van der Waals surface area contributed by atoms with Crippen molar-refractivity contribution in [2.45, 2.75) is 24.3 Å². The zero-order valence-electron chi connectivity index (χ0n) is 11.2. The van der Waals surface area contributed by atoms with Crippen LogP contribution in [0, 0.1) is 12.8 Å². The van der Waals surface area contributed by atoms with Crippen LogP contribution in [0.25, 0.3) is 0 Å². The van der Waals surface area contributed by atoms with Gasteiger partial charge in [0.25, 0.3) is 5.91 Å². The number of aliphatic hydroxyl groups is 1. The van der Waals surface area contributed by atoms with Crippen molar-refractivity contribution < 1.29 is 9.90 Å². The molecule has 1 aliphatic carbocycles. The van der Waals surface area contributed by atoms with Crippen molar-refractivity contribution in [1.82, 2.24) is 5.32 Å². The molecular weight excluding hydrogens is 258 g/mol. The molecule has 1 aromatic carbocycles. The Bertz CT molecular complexity index is 499. The molecule has 2 rings (SSSR count). The largest absolute Gasteiger partial charge is 0.396 e. The lowest BCUT2D eigenvalue weighted by atomic mass is 10.1. The lowest BCUT2D eigenvalue weighted by molar-refractivity contribution is 0.0940. The van der Waals surface area contributed by atoms with E-state index < -0.39 is 0 Å². The second-order valence-electron chi connectivity index (χ2n) is 4.82. The summed E-state index contributed by atoms with van der Waals surface area (Å²) in [6.45, 7) is 2.09. The molecule has 0 fully saturated rings. The van der Waals surface area contributed by atoms with Crippen LogP contribution in [-0.2, 0) is 0 Å². The highest BCUT2D eigenvalue weighted by molar-refractivity contribution is 7.98. The van der Waals surface area contributed by atoms with E-state index in [9.17, 15) is 4.79 Å². The first-order valence-corrected chi connectivity index (χ1v) is 7.61. The average molecular weight is 277 g/mol. The van der Waals surface area contributed by atoms with E-state index in [0.29, 0.717) is 0 Å². The summed E-state index contributed by atoms with van der Waals surface area (Å²) in [5, 5.41) is 12.1. The van der Waals surface area contributed by atoms with E-state index in [2.05, 4.69) is 5.32 Å². The first-order valence-electron chi connectivity index (χ1n) is 6.38. The Balaban J connectivity index is 2.06. The molecule has 1 aliphatic rings. The van der Waals surface area contributed by atoms with Gasteiger partial charge in [-0.25, -0.2) is 0 Å². The van der Waals surface area contributed by atoms with Crippen molar-refractivity contribution in [3.8, 4) is 0 Å². The van der Waals surface area contributed by atoms with Gasteiger partial charge in [-0.15, -0.1) is 11.8 Å². The Morgan fingerprint density at radius 3 is 2.89 bits per heavy atom. The molecule has 1 aromatic rings. The summed E-state index contributed by atoms with van der Waals surface area (Å²) in [7, 11) is 0. The van der Waals surface area contributed by atoms with Gasteiger partial charge in [-0.2, -0.15) is 0 Å². The third kappa shape index (κ3) is 3.39. The van der Waals surface area contributed by atoms with Crippen LogP contribution in [0.4, 0.5) is 0 Å². The van der Waals surface area contributed by atoms with Crippen LogP contribution in [0.1, 0.15) is 22.3 Å². The Hall–Kier alpha value is -1.26. The third-order valence-corrected chi connectivity index (χ3v) is 4.14. The molecule has 0 heterocycles. The summed E-state index contributed by atoms with van der Waals surface area (Å²) in [5.74, 6) is 0.130. The van der Waals surface area contributed by atoms with Crippen LogP contribution in [0.5, 0.6) is 0 Å². The SMILES string of the molecule is CSc1ccc(C)c(C(=O)N[C@@H]2C=C[C@H](CO)C2)c1. The summed E-state index contributed by atoms with van der Waals surface area (Å²) < 4.78 is 0. The zero-order chi connectivity index (χ0) is 13.8. The van der Waals surface area contributed by atoms with E-state index in [0.717, 1.165) is 22.4 Å². The lowest BCUT2D eigenvalue weighted by Crippen LogP contribution is -2.33. The van der Waals surface area contributed by atoms with Gasteiger partial charge in [-0.1, -0.05) is 18.2 Å². The molecule has 3 nitrogen and oxygen atoms in total. The molecule has 4 heteroatoms. The van der Waals surface area contributed by atoms with Crippen molar-refractivity contribution in [1.29, 1.82) is 0 Å². The average Bonchev–Trinajstić information content (AvgIpc) is 2.87. The number of nitrogens with one attached hydrogen (secondary N) is 1. The molecule has 0 unspecified atom stereocenters. The standard InChI is InChI=1S/C15H19NO2S/c1-10-3-6-13(19-2)8-14(10)15(18)16-12-5-4-11(7-12)9-17/h3-6,8,11-12,17H,7,9H2,1-2H3,(H,16,18)/t11-,12+/m0/s1. The van der Waals surface area contributed by atoms with Crippen molar-refractivity contribution in [2.75, 3.05) is 12.9 Å². The van der Waals surface area contributed by atoms with E-state index in [4.69, 9.17) is 5.11 Å². The Kier molecular flexibility index (Phi) is 4.66. The minimum absolute atomic E-state index is 0.0296. The number of amides is 1. The number of rotatable bonds is 4. The van der Waals surface area contributed by atoms with Gasteiger partial charge in [-0.05, 0) is 37.3 Å². The van der Waals surface area contributed by atoms with Crippen molar-refractivity contribution in [2.24, 2.45) is 5.92 Å². The number of benzene rings is 1. The van der Waals surface area contributed by atoms with Gasteiger partial charge in [0.1, 0.15) is 0 Å². The monoisotopic (exact) mass is 277 g/mol. The molecule has 0 saturated carbocycles. The predicted molar refractivity (Wildman–Crippen MR) is 78.5 cm³/mol. The third-order valence-electron chi connectivity index (χ3n) is 3.41. The number of thioether (sulfide) groups is 1. The maximum Gasteiger partial charge on any atom is 0.252 e. The smallest absolute Gasteiger partial charge is 0.252 e. The predicted octanol–water partition coefficient (Wildman–Crippen LogP) is 2.38. The molecule has 0 aliphatic heterocycles. The number of aryl methyl sites for hydroxylation is 1. The molecular formula is C15H19NO2S. The van der Waals surface area contributed by atoms with Gasteiger partial charge in [0, 0.05) is 29.0 Å². The molecule has 102 valence electrons. The highest BCUT2D eigenvalue weighted by Crippen LogP contribution is 2.21. The summed E-state index contributed by atoms with van der Waals surface area (Å²) in [6, 6.07) is 5.95. The molecule has 0 bridgehead atoms. The summed E-state index contributed by atoms with van der Waals surface area (Å²) in [5.41, 5.74) is 1.71. The molecule has 0 aromatic heterocycles. The number of aliphatic hydroxyl groups excluding tert-OH is 1. The quantitative estimate of drug-likeness (QED) is 0.656. The summed E-state index contributed by atoms with van der Waals surface area (Å²) in [6.07, 6.45) is 6.71. The Labute approximate surface area is 118 Å². The van der Waals surface area contributed by atoms with E-state index in [1.165, 1.54) is 0 Å². The highest BCUT2D eigenvalue weighted by atomic mass is 32.2. The van der Waals surface area contributed by atoms with Gasteiger partial charge < -0.3 is 10.4 Å².